The highest BCUT2D eigenvalue weighted by molar-refractivity contribution is 9.10. The van der Waals surface area contributed by atoms with E-state index in [0.29, 0.717) is 6.54 Å². The van der Waals surface area contributed by atoms with E-state index in [1.54, 1.807) is 0 Å². The first-order valence-corrected chi connectivity index (χ1v) is 7.22. The van der Waals surface area contributed by atoms with E-state index in [1.807, 2.05) is 12.1 Å². The van der Waals surface area contributed by atoms with Gasteiger partial charge in [0.1, 0.15) is 0 Å². The number of halogens is 2. The first kappa shape index (κ1) is 16.5. The van der Waals surface area contributed by atoms with E-state index >= 15 is 0 Å². The average Bonchev–Trinajstić information content (AvgIpc) is 2.38. The fourth-order valence-corrected chi connectivity index (χ4v) is 2.71. The summed E-state index contributed by atoms with van der Waals surface area (Å²) < 4.78 is 1.07. The molecule has 1 amide bonds. The van der Waals surface area contributed by atoms with Gasteiger partial charge in [-0.2, -0.15) is 0 Å². The van der Waals surface area contributed by atoms with Crippen LogP contribution in [0.25, 0.3) is 0 Å². The van der Waals surface area contributed by atoms with E-state index in [-0.39, 0.29) is 24.4 Å². The minimum Gasteiger partial charge on any atom is -0.351 e. The van der Waals surface area contributed by atoms with Crippen molar-refractivity contribution in [3.05, 3.63) is 33.8 Å². The largest absolute Gasteiger partial charge is 0.351 e. The van der Waals surface area contributed by atoms with Crippen LogP contribution in [0.3, 0.4) is 0 Å². The molecule has 1 unspecified atom stereocenters. The van der Waals surface area contributed by atoms with E-state index in [9.17, 15) is 4.79 Å². The number of amides is 1. The van der Waals surface area contributed by atoms with Gasteiger partial charge in [0.25, 0.3) is 0 Å². The van der Waals surface area contributed by atoms with Crippen molar-refractivity contribution in [2.45, 2.75) is 38.8 Å². The lowest BCUT2D eigenvalue weighted by Gasteiger charge is -2.22. The average molecular weight is 348 g/mol. The van der Waals surface area contributed by atoms with Crippen molar-refractivity contribution in [1.82, 2.24) is 10.6 Å². The molecule has 0 spiro atoms. The first-order valence-electron chi connectivity index (χ1n) is 6.43. The molecule has 0 saturated carbocycles. The maximum absolute atomic E-state index is 12.0. The number of nitrogens with one attached hydrogen (secondary N) is 2. The van der Waals surface area contributed by atoms with Crippen LogP contribution in [0.4, 0.5) is 0 Å². The Labute approximate surface area is 129 Å². The maximum Gasteiger partial charge on any atom is 0.237 e. The lowest BCUT2D eigenvalue weighted by molar-refractivity contribution is -0.123. The zero-order valence-electron chi connectivity index (χ0n) is 11.0. The molecule has 1 aromatic rings. The van der Waals surface area contributed by atoms with Gasteiger partial charge in [0.05, 0.1) is 6.04 Å². The molecule has 3 nitrogen and oxygen atoms in total. The van der Waals surface area contributed by atoms with Crippen LogP contribution in [0.1, 0.15) is 30.4 Å². The number of hydrogen-bond donors (Lipinski definition) is 2. The second-order valence-electron chi connectivity index (χ2n) is 4.79. The Morgan fingerprint density at radius 3 is 2.89 bits per heavy atom. The van der Waals surface area contributed by atoms with E-state index in [2.05, 4.69) is 39.6 Å². The van der Waals surface area contributed by atoms with Gasteiger partial charge < -0.3 is 10.6 Å². The Morgan fingerprint density at radius 2 is 2.26 bits per heavy atom. The molecule has 2 N–H and O–H groups in total. The Kier molecular flexibility index (Phi) is 6.83. The summed E-state index contributed by atoms with van der Waals surface area (Å²) in [6, 6.07) is 6.12. The van der Waals surface area contributed by atoms with Crippen molar-refractivity contribution in [3.8, 4) is 0 Å². The molecule has 1 atom stereocenters. The van der Waals surface area contributed by atoms with Gasteiger partial charge in [0, 0.05) is 11.0 Å². The van der Waals surface area contributed by atoms with Crippen LogP contribution in [-0.2, 0) is 11.3 Å². The molecule has 0 bridgehead atoms. The van der Waals surface area contributed by atoms with Crippen molar-refractivity contribution in [3.63, 3.8) is 0 Å². The highest BCUT2D eigenvalue weighted by atomic mass is 79.9. The topological polar surface area (TPSA) is 41.1 Å². The second kappa shape index (κ2) is 7.88. The van der Waals surface area contributed by atoms with Gasteiger partial charge in [-0.15, -0.1) is 12.4 Å². The molecule has 1 heterocycles. The standard InChI is InChI=1S/C14H19BrN2O.ClH/c1-10-8-12(15)6-5-11(10)9-17-14(18)13-4-2-3-7-16-13;/h5-6,8,13,16H,2-4,7,9H2,1H3,(H,17,18);1H. The highest BCUT2D eigenvalue weighted by Crippen LogP contribution is 2.15. The predicted molar refractivity (Wildman–Crippen MR) is 83.6 cm³/mol. The Hall–Kier alpha value is -0.580. The third-order valence-electron chi connectivity index (χ3n) is 3.38. The van der Waals surface area contributed by atoms with Gasteiger partial charge in [-0.25, -0.2) is 0 Å². The molecule has 1 fully saturated rings. The number of hydrogen-bond acceptors (Lipinski definition) is 2. The van der Waals surface area contributed by atoms with E-state index in [4.69, 9.17) is 0 Å². The number of carbonyl (C=O) groups is 1. The predicted octanol–water partition coefficient (Wildman–Crippen LogP) is 2.94. The Morgan fingerprint density at radius 1 is 1.47 bits per heavy atom. The Bertz CT molecular complexity index is 433. The summed E-state index contributed by atoms with van der Waals surface area (Å²) >= 11 is 3.44. The van der Waals surface area contributed by atoms with Crippen molar-refractivity contribution in [1.29, 1.82) is 0 Å². The zero-order valence-corrected chi connectivity index (χ0v) is 13.4. The van der Waals surface area contributed by atoms with E-state index < -0.39 is 0 Å². The summed E-state index contributed by atoms with van der Waals surface area (Å²) in [7, 11) is 0. The van der Waals surface area contributed by atoms with Gasteiger partial charge in [-0.1, -0.05) is 28.4 Å². The van der Waals surface area contributed by atoms with E-state index in [1.165, 1.54) is 17.5 Å². The summed E-state index contributed by atoms with van der Waals surface area (Å²) in [6.07, 6.45) is 3.27. The van der Waals surface area contributed by atoms with Crippen LogP contribution < -0.4 is 10.6 Å². The van der Waals surface area contributed by atoms with Crippen LogP contribution in [-0.4, -0.2) is 18.5 Å². The summed E-state index contributed by atoms with van der Waals surface area (Å²) in [4.78, 5) is 12.0. The van der Waals surface area contributed by atoms with Crippen LogP contribution in [0.5, 0.6) is 0 Å². The van der Waals surface area contributed by atoms with Crippen LogP contribution in [0.2, 0.25) is 0 Å². The molecule has 19 heavy (non-hydrogen) atoms. The molecule has 1 aliphatic heterocycles. The molecular weight excluding hydrogens is 328 g/mol. The lowest BCUT2D eigenvalue weighted by atomic mass is 10.0. The van der Waals surface area contributed by atoms with Crippen LogP contribution in [0.15, 0.2) is 22.7 Å². The fourth-order valence-electron chi connectivity index (χ4n) is 2.24. The molecule has 1 aromatic carbocycles. The van der Waals surface area contributed by atoms with Gasteiger partial charge >= 0.3 is 0 Å². The highest BCUT2D eigenvalue weighted by Gasteiger charge is 2.19. The molecule has 2 rings (SSSR count). The number of carbonyl (C=O) groups excluding carboxylic acids is 1. The minimum atomic E-state index is -0.00509. The zero-order chi connectivity index (χ0) is 13.0. The van der Waals surface area contributed by atoms with Crippen molar-refractivity contribution < 1.29 is 4.79 Å². The molecule has 0 aliphatic carbocycles. The number of aryl methyl sites for hydroxylation is 1. The van der Waals surface area contributed by atoms with Crippen molar-refractivity contribution in [2.24, 2.45) is 0 Å². The third-order valence-corrected chi connectivity index (χ3v) is 3.88. The number of benzene rings is 1. The smallest absolute Gasteiger partial charge is 0.237 e. The third kappa shape index (κ3) is 4.79. The molecule has 5 heteroatoms. The van der Waals surface area contributed by atoms with Crippen molar-refractivity contribution >= 4 is 34.2 Å². The fraction of sp³-hybridized carbons (Fsp3) is 0.500. The van der Waals surface area contributed by atoms with E-state index in [0.717, 1.165) is 23.9 Å². The number of piperidine rings is 1. The molecular formula is C14H20BrClN2O. The van der Waals surface area contributed by atoms with Crippen LogP contribution in [0, 0.1) is 6.92 Å². The first-order chi connectivity index (χ1) is 8.66. The molecule has 0 aromatic heterocycles. The summed E-state index contributed by atoms with van der Waals surface area (Å²) in [6.45, 7) is 3.62. The maximum atomic E-state index is 12.0. The second-order valence-corrected chi connectivity index (χ2v) is 5.71. The summed E-state index contributed by atoms with van der Waals surface area (Å²) in [5.41, 5.74) is 2.36. The quantitative estimate of drug-likeness (QED) is 0.882. The SMILES string of the molecule is Cc1cc(Br)ccc1CNC(=O)C1CCCCN1.Cl. The minimum absolute atomic E-state index is 0. The summed E-state index contributed by atoms with van der Waals surface area (Å²) in [5, 5.41) is 6.27. The van der Waals surface area contributed by atoms with Gasteiger partial charge in [0.15, 0.2) is 0 Å². The van der Waals surface area contributed by atoms with Gasteiger partial charge in [-0.3, -0.25) is 4.79 Å². The summed E-state index contributed by atoms with van der Waals surface area (Å²) in [5.74, 6) is 0.122. The number of rotatable bonds is 3. The van der Waals surface area contributed by atoms with Gasteiger partial charge in [0.2, 0.25) is 5.91 Å². The lowest BCUT2D eigenvalue weighted by Crippen LogP contribution is -2.46. The van der Waals surface area contributed by atoms with Crippen molar-refractivity contribution in [2.75, 3.05) is 6.54 Å². The Balaban J connectivity index is 0.00000180. The molecule has 106 valence electrons. The molecule has 1 aliphatic rings. The van der Waals surface area contributed by atoms with Crippen LogP contribution >= 0.6 is 28.3 Å². The monoisotopic (exact) mass is 346 g/mol. The normalized spacial score (nSPS) is 18.5. The van der Waals surface area contributed by atoms with Gasteiger partial charge in [-0.05, 0) is 49.6 Å². The molecule has 0 radical (unpaired) electrons. The molecule has 1 saturated heterocycles.